The molecule has 8 heteroatoms. The predicted octanol–water partition coefficient (Wildman–Crippen LogP) is 6.52. The van der Waals surface area contributed by atoms with Gasteiger partial charge in [0.15, 0.2) is 16.9 Å². The summed E-state index contributed by atoms with van der Waals surface area (Å²) in [5.74, 6) is 0.241. The minimum atomic E-state index is -0.759. The molecule has 5 rings (SSSR count). The molecule has 2 heterocycles. The van der Waals surface area contributed by atoms with E-state index < -0.39 is 11.9 Å². The van der Waals surface area contributed by atoms with Crippen LogP contribution < -0.4 is 14.9 Å². The smallest absolute Gasteiger partial charge is 0.291 e. The van der Waals surface area contributed by atoms with Gasteiger partial charge in [-0.3, -0.25) is 9.59 Å². The molecule has 4 aromatic rings. The number of unbranched alkanes of at least 4 members (excludes halogenated alkanes) is 1. The van der Waals surface area contributed by atoms with Crippen LogP contribution in [-0.2, 0) is 6.54 Å². The van der Waals surface area contributed by atoms with Crippen LogP contribution in [0.1, 0.15) is 53.1 Å². The molecule has 0 saturated carbocycles. The van der Waals surface area contributed by atoms with Crippen molar-refractivity contribution in [3.05, 3.63) is 104 Å². The third-order valence-corrected chi connectivity index (χ3v) is 6.69. The third kappa shape index (κ3) is 4.67. The van der Waals surface area contributed by atoms with E-state index in [1.807, 2.05) is 6.07 Å². The van der Waals surface area contributed by atoms with E-state index in [-0.39, 0.29) is 34.7 Å². The summed E-state index contributed by atoms with van der Waals surface area (Å²) >= 11 is 6.16. The van der Waals surface area contributed by atoms with Gasteiger partial charge in [0.1, 0.15) is 11.4 Å². The third-order valence-electron chi connectivity index (χ3n) is 6.45. The molecule has 0 aliphatic carbocycles. The summed E-state index contributed by atoms with van der Waals surface area (Å²) in [6.45, 7) is 2.77. The van der Waals surface area contributed by atoms with Crippen molar-refractivity contribution in [1.29, 1.82) is 0 Å². The summed E-state index contributed by atoms with van der Waals surface area (Å²) in [4.78, 5) is 28.9. The zero-order chi connectivity index (χ0) is 26.1. The van der Waals surface area contributed by atoms with E-state index in [1.165, 1.54) is 12.1 Å². The Kier molecular flexibility index (Phi) is 6.89. The van der Waals surface area contributed by atoms with Gasteiger partial charge in [-0.1, -0.05) is 43.1 Å². The van der Waals surface area contributed by atoms with Gasteiger partial charge in [0, 0.05) is 11.6 Å². The average Bonchev–Trinajstić information content (AvgIpc) is 3.17. The fourth-order valence-electron chi connectivity index (χ4n) is 4.59. The van der Waals surface area contributed by atoms with Gasteiger partial charge < -0.3 is 18.8 Å². The average molecular weight is 522 g/mol. The van der Waals surface area contributed by atoms with E-state index in [4.69, 9.17) is 25.5 Å². The lowest BCUT2D eigenvalue weighted by atomic mass is 9.97. The number of carbonyl (C=O) groups is 1. The largest absolute Gasteiger partial charge is 0.493 e. The van der Waals surface area contributed by atoms with Crippen LogP contribution in [0.25, 0.3) is 11.0 Å². The van der Waals surface area contributed by atoms with E-state index in [0.29, 0.717) is 39.6 Å². The number of nitrogens with zero attached hydrogens (tertiary/aromatic N) is 1. The van der Waals surface area contributed by atoms with Gasteiger partial charge >= 0.3 is 0 Å². The molecule has 0 fully saturated rings. The van der Waals surface area contributed by atoms with E-state index in [9.17, 15) is 14.0 Å². The van der Waals surface area contributed by atoms with Gasteiger partial charge in [0.05, 0.1) is 30.7 Å². The minimum absolute atomic E-state index is 0.0193. The SMILES string of the molecule is CCCCOc1ccc(C2c3c(oc4ccc(Cl)cc4c3=O)C(=O)N2Cc2ccc(F)cc2)cc1OC. The number of carbonyl (C=O) groups excluding carboxylic acids is 1. The van der Waals surface area contributed by atoms with Crippen molar-refractivity contribution in [2.24, 2.45) is 0 Å². The summed E-state index contributed by atoms with van der Waals surface area (Å²) < 4.78 is 31.0. The Bertz CT molecular complexity index is 1530. The number of amides is 1. The normalized spacial score (nSPS) is 14.8. The fourth-order valence-corrected chi connectivity index (χ4v) is 4.76. The van der Waals surface area contributed by atoms with E-state index in [1.54, 1.807) is 54.5 Å². The molecular formula is C29H25ClFNO5. The number of rotatable bonds is 8. The molecule has 1 atom stereocenters. The van der Waals surface area contributed by atoms with E-state index in [0.717, 1.165) is 12.8 Å². The first-order chi connectivity index (χ1) is 17.9. The highest BCUT2D eigenvalue weighted by Crippen LogP contribution is 2.42. The topological polar surface area (TPSA) is 69.0 Å². The van der Waals surface area contributed by atoms with Crippen molar-refractivity contribution in [3.63, 3.8) is 0 Å². The van der Waals surface area contributed by atoms with Crippen LogP contribution in [0.5, 0.6) is 11.5 Å². The molecule has 1 aliphatic rings. The molecule has 37 heavy (non-hydrogen) atoms. The highest BCUT2D eigenvalue weighted by Gasteiger charge is 2.43. The molecule has 1 unspecified atom stereocenters. The van der Waals surface area contributed by atoms with Crippen LogP contribution in [0.15, 0.2) is 69.9 Å². The molecular weight excluding hydrogens is 497 g/mol. The first kappa shape index (κ1) is 24.8. The lowest BCUT2D eigenvalue weighted by molar-refractivity contribution is 0.0714. The van der Waals surface area contributed by atoms with Crippen molar-refractivity contribution >= 4 is 28.5 Å². The lowest BCUT2D eigenvalue weighted by Crippen LogP contribution is -2.29. The predicted molar refractivity (Wildman–Crippen MR) is 139 cm³/mol. The number of hydrogen-bond acceptors (Lipinski definition) is 5. The molecule has 190 valence electrons. The van der Waals surface area contributed by atoms with Crippen LogP contribution >= 0.6 is 11.6 Å². The second-order valence-corrected chi connectivity index (χ2v) is 9.33. The van der Waals surface area contributed by atoms with Crippen LogP contribution in [-0.4, -0.2) is 24.5 Å². The van der Waals surface area contributed by atoms with Crippen molar-refractivity contribution in [1.82, 2.24) is 4.90 Å². The molecule has 0 saturated heterocycles. The zero-order valence-electron chi connectivity index (χ0n) is 20.4. The zero-order valence-corrected chi connectivity index (χ0v) is 21.2. The highest BCUT2D eigenvalue weighted by atomic mass is 35.5. The minimum Gasteiger partial charge on any atom is -0.493 e. The van der Waals surface area contributed by atoms with Gasteiger partial charge in [0.2, 0.25) is 5.76 Å². The maximum absolute atomic E-state index is 13.7. The van der Waals surface area contributed by atoms with Gasteiger partial charge in [-0.05, 0) is 60.0 Å². The van der Waals surface area contributed by atoms with Crippen LogP contribution in [0.3, 0.4) is 0 Å². The van der Waals surface area contributed by atoms with Crippen molar-refractivity contribution in [2.45, 2.75) is 32.4 Å². The Morgan fingerprint density at radius 2 is 1.81 bits per heavy atom. The molecule has 0 bridgehead atoms. The van der Waals surface area contributed by atoms with Crippen LogP contribution in [0.2, 0.25) is 5.02 Å². The van der Waals surface area contributed by atoms with Crippen LogP contribution in [0.4, 0.5) is 4.39 Å². The molecule has 1 aromatic heterocycles. The molecule has 1 amide bonds. The summed E-state index contributed by atoms with van der Waals surface area (Å²) in [6, 6.07) is 15.2. The van der Waals surface area contributed by atoms with E-state index >= 15 is 0 Å². The molecule has 1 aliphatic heterocycles. The summed E-state index contributed by atoms with van der Waals surface area (Å²) in [6.07, 6.45) is 1.89. The maximum Gasteiger partial charge on any atom is 0.291 e. The van der Waals surface area contributed by atoms with Gasteiger partial charge in [-0.15, -0.1) is 0 Å². The monoisotopic (exact) mass is 521 g/mol. The van der Waals surface area contributed by atoms with Gasteiger partial charge in [-0.2, -0.15) is 0 Å². The molecule has 0 radical (unpaired) electrons. The number of ether oxygens (including phenoxy) is 2. The summed E-state index contributed by atoms with van der Waals surface area (Å²) in [5.41, 5.74) is 1.53. The van der Waals surface area contributed by atoms with Crippen LogP contribution in [0, 0.1) is 5.82 Å². The Morgan fingerprint density at radius 3 is 2.54 bits per heavy atom. The highest BCUT2D eigenvalue weighted by molar-refractivity contribution is 6.31. The Labute approximate surface area is 218 Å². The quantitative estimate of drug-likeness (QED) is 0.247. The molecule has 0 N–H and O–H groups in total. The fraction of sp³-hybridized carbons (Fsp3) is 0.241. The standard InChI is InChI=1S/C29H25ClFNO5/c1-3-4-13-36-23-11-7-18(14-24(23)35-2)26-25-27(33)21-15-19(30)8-12-22(21)37-28(25)29(34)32(26)16-17-5-9-20(31)10-6-17/h5-12,14-15,26H,3-4,13,16H2,1-2H3. The van der Waals surface area contributed by atoms with Gasteiger partial charge in [-0.25, -0.2) is 4.39 Å². The number of hydrogen-bond donors (Lipinski definition) is 0. The number of methoxy groups -OCH3 is 1. The molecule has 6 nitrogen and oxygen atoms in total. The number of fused-ring (bicyclic) bond motifs is 2. The Hall–Kier alpha value is -3.84. The van der Waals surface area contributed by atoms with E-state index in [2.05, 4.69) is 6.92 Å². The second kappa shape index (κ2) is 10.3. The number of benzene rings is 3. The molecule has 3 aromatic carbocycles. The summed E-state index contributed by atoms with van der Waals surface area (Å²) in [5, 5.41) is 0.679. The first-order valence-electron chi connectivity index (χ1n) is 12.0. The van der Waals surface area contributed by atoms with Gasteiger partial charge in [0.25, 0.3) is 5.91 Å². The Balaban J connectivity index is 1.66. The molecule has 0 spiro atoms. The maximum atomic E-state index is 13.7. The lowest BCUT2D eigenvalue weighted by Gasteiger charge is -2.26. The Morgan fingerprint density at radius 1 is 1.03 bits per heavy atom. The first-order valence-corrected chi connectivity index (χ1v) is 12.4. The summed E-state index contributed by atoms with van der Waals surface area (Å²) in [7, 11) is 1.54. The van der Waals surface area contributed by atoms with Crippen molar-refractivity contribution in [3.8, 4) is 11.5 Å². The number of halogens is 2. The second-order valence-electron chi connectivity index (χ2n) is 8.89. The van der Waals surface area contributed by atoms with Crippen molar-refractivity contribution in [2.75, 3.05) is 13.7 Å². The van der Waals surface area contributed by atoms with Crippen molar-refractivity contribution < 1.29 is 23.1 Å².